The third kappa shape index (κ3) is 2.88. The molecule has 0 spiro atoms. The summed E-state index contributed by atoms with van der Waals surface area (Å²) in [4.78, 5) is 18.8. The fraction of sp³-hybridized carbons (Fsp3) is 0. The van der Waals surface area contributed by atoms with Gasteiger partial charge in [0.2, 0.25) is 0 Å². The van der Waals surface area contributed by atoms with Crippen molar-refractivity contribution in [2.45, 2.75) is 0 Å². The molecule has 0 atom stereocenters. The van der Waals surface area contributed by atoms with Crippen molar-refractivity contribution in [2.75, 3.05) is 0 Å². The van der Waals surface area contributed by atoms with Gasteiger partial charge in [-0.05, 0) is 35.0 Å². The quantitative estimate of drug-likeness (QED) is 0.273. The summed E-state index contributed by atoms with van der Waals surface area (Å²) in [5, 5.41) is 8.74. The summed E-state index contributed by atoms with van der Waals surface area (Å²) in [6.07, 6.45) is 0. The SMILES string of the molecule is Clc1nc2ccccc2c2sccc12.O=c1[nH]c2ccccc2c2sccc12. The molecule has 0 amide bonds. The zero-order valence-electron chi connectivity index (χ0n) is 14.5. The molecule has 0 fully saturated rings. The molecule has 3 nitrogen and oxygen atoms in total. The van der Waals surface area contributed by atoms with Crippen molar-refractivity contribution in [3.8, 4) is 0 Å². The van der Waals surface area contributed by atoms with Gasteiger partial charge in [-0.2, -0.15) is 0 Å². The molecule has 0 radical (unpaired) electrons. The molecular weight excluding hydrogens is 408 g/mol. The van der Waals surface area contributed by atoms with E-state index >= 15 is 0 Å². The van der Waals surface area contributed by atoms with Crippen LogP contribution in [-0.4, -0.2) is 9.97 Å². The van der Waals surface area contributed by atoms with Crippen LogP contribution in [0.2, 0.25) is 5.15 Å². The average Bonchev–Trinajstić information content (AvgIpc) is 3.40. The van der Waals surface area contributed by atoms with Crippen LogP contribution in [0, 0.1) is 0 Å². The van der Waals surface area contributed by atoms with Crippen molar-refractivity contribution in [1.29, 1.82) is 0 Å². The first kappa shape index (κ1) is 17.4. The highest BCUT2D eigenvalue weighted by atomic mass is 35.5. The molecular formula is C22H13ClN2OS2. The fourth-order valence-corrected chi connectivity index (χ4v) is 5.45. The van der Waals surface area contributed by atoms with E-state index in [1.165, 1.54) is 10.1 Å². The van der Waals surface area contributed by atoms with Crippen LogP contribution in [0.4, 0.5) is 0 Å². The number of thiophene rings is 2. The number of fused-ring (bicyclic) bond motifs is 6. The second kappa shape index (κ2) is 7.02. The molecule has 1 N–H and O–H groups in total. The first-order valence-electron chi connectivity index (χ1n) is 8.62. The number of aromatic nitrogens is 2. The Morgan fingerprint density at radius 2 is 1.39 bits per heavy atom. The zero-order chi connectivity index (χ0) is 19.1. The molecule has 0 bridgehead atoms. The number of nitrogens with zero attached hydrogens (tertiary/aromatic N) is 1. The lowest BCUT2D eigenvalue weighted by molar-refractivity contribution is 1.35. The number of H-pyrrole nitrogens is 1. The van der Waals surface area contributed by atoms with E-state index < -0.39 is 0 Å². The second-order valence-corrected chi connectivity index (χ2v) is 8.44. The summed E-state index contributed by atoms with van der Waals surface area (Å²) in [5.41, 5.74) is 1.87. The highest BCUT2D eigenvalue weighted by molar-refractivity contribution is 7.18. The molecule has 0 unspecified atom stereocenters. The number of pyridine rings is 2. The van der Waals surface area contributed by atoms with Crippen LogP contribution in [0.3, 0.4) is 0 Å². The van der Waals surface area contributed by atoms with Crippen LogP contribution >= 0.6 is 34.3 Å². The van der Waals surface area contributed by atoms with Gasteiger partial charge < -0.3 is 4.98 Å². The minimum atomic E-state index is -0.0000463. The summed E-state index contributed by atoms with van der Waals surface area (Å²) >= 11 is 9.39. The zero-order valence-corrected chi connectivity index (χ0v) is 16.9. The lowest BCUT2D eigenvalue weighted by Gasteiger charge is -1.99. The van der Waals surface area contributed by atoms with Gasteiger partial charge in [-0.15, -0.1) is 22.7 Å². The summed E-state index contributed by atoms with van der Waals surface area (Å²) in [5.74, 6) is 0. The van der Waals surface area contributed by atoms with Crippen molar-refractivity contribution in [3.63, 3.8) is 0 Å². The van der Waals surface area contributed by atoms with Crippen LogP contribution in [0.25, 0.3) is 42.0 Å². The Hall–Kier alpha value is -2.73. The molecule has 0 saturated heterocycles. The van der Waals surface area contributed by atoms with E-state index in [9.17, 15) is 4.79 Å². The average molecular weight is 421 g/mol. The number of nitrogens with one attached hydrogen (secondary N) is 1. The van der Waals surface area contributed by atoms with Crippen molar-refractivity contribution in [1.82, 2.24) is 9.97 Å². The number of rotatable bonds is 0. The van der Waals surface area contributed by atoms with Crippen LogP contribution in [0.15, 0.2) is 76.2 Å². The molecule has 2 aromatic carbocycles. The molecule has 0 aliphatic heterocycles. The topological polar surface area (TPSA) is 45.8 Å². The smallest absolute Gasteiger partial charge is 0.257 e. The molecule has 4 heterocycles. The van der Waals surface area contributed by atoms with E-state index in [2.05, 4.69) is 16.0 Å². The normalized spacial score (nSPS) is 11.2. The highest BCUT2D eigenvalue weighted by Crippen LogP contribution is 2.32. The number of hydrogen-bond donors (Lipinski definition) is 1. The summed E-state index contributed by atoms with van der Waals surface area (Å²) in [6, 6.07) is 19.8. The summed E-state index contributed by atoms with van der Waals surface area (Å²) in [6.45, 7) is 0. The van der Waals surface area contributed by atoms with Gasteiger partial charge >= 0.3 is 0 Å². The van der Waals surface area contributed by atoms with Crippen molar-refractivity contribution >= 4 is 76.3 Å². The van der Waals surface area contributed by atoms with E-state index in [1.807, 2.05) is 65.4 Å². The van der Waals surface area contributed by atoms with Gasteiger partial charge in [-0.25, -0.2) is 4.98 Å². The third-order valence-corrected chi connectivity index (χ3v) is 6.77. The maximum Gasteiger partial charge on any atom is 0.257 e. The largest absolute Gasteiger partial charge is 0.321 e. The van der Waals surface area contributed by atoms with Crippen LogP contribution in [-0.2, 0) is 0 Å². The molecule has 0 saturated carbocycles. The van der Waals surface area contributed by atoms with Gasteiger partial charge in [0.1, 0.15) is 5.15 Å². The van der Waals surface area contributed by atoms with Crippen molar-refractivity contribution in [2.24, 2.45) is 0 Å². The van der Waals surface area contributed by atoms with E-state index in [1.54, 1.807) is 22.7 Å². The van der Waals surface area contributed by atoms with Crippen LogP contribution in [0.1, 0.15) is 0 Å². The van der Waals surface area contributed by atoms with Gasteiger partial charge in [0.05, 0.1) is 10.9 Å². The Bertz CT molecular complexity index is 1510. The van der Waals surface area contributed by atoms with Crippen LogP contribution < -0.4 is 5.56 Å². The third-order valence-electron chi connectivity index (χ3n) is 4.58. The molecule has 6 rings (SSSR count). The molecule has 0 aliphatic rings. The van der Waals surface area contributed by atoms with E-state index in [-0.39, 0.29) is 5.56 Å². The lowest BCUT2D eigenvalue weighted by Crippen LogP contribution is -2.04. The first-order chi connectivity index (χ1) is 13.7. The first-order valence-corrected chi connectivity index (χ1v) is 10.8. The molecule has 0 aliphatic carbocycles. The predicted molar refractivity (Wildman–Crippen MR) is 122 cm³/mol. The molecule has 4 aromatic heterocycles. The second-order valence-electron chi connectivity index (χ2n) is 6.25. The van der Waals surface area contributed by atoms with Gasteiger partial charge in [0.25, 0.3) is 5.56 Å². The minimum Gasteiger partial charge on any atom is -0.321 e. The van der Waals surface area contributed by atoms with Crippen LogP contribution in [0.5, 0.6) is 0 Å². The maximum absolute atomic E-state index is 11.6. The number of para-hydroxylation sites is 2. The van der Waals surface area contributed by atoms with E-state index in [0.29, 0.717) is 5.15 Å². The van der Waals surface area contributed by atoms with Gasteiger partial charge in [-0.1, -0.05) is 48.0 Å². The number of halogens is 1. The monoisotopic (exact) mass is 420 g/mol. The molecule has 6 aromatic rings. The van der Waals surface area contributed by atoms with Gasteiger partial charge in [0.15, 0.2) is 0 Å². The Balaban J connectivity index is 0.000000122. The predicted octanol–water partition coefficient (Wildman–Crippen LogP) is 6.85. The van der Waals surface area contributed by atoms with Gasteiger partial charge in [0, 0.05) is 31.1 Å². The Morgan fingerprint density at radius 3 is 2.21 bits per heavy atom. The Labute approximate surface area is 172 Å². The van der Waals surface area contributed by atoms with E-state index in [0.717, 1.165) is 31.9 Å². The van der Waals surface area contributed by atoms with E-state index in [4.69, 9.17) is 11.6 Å². The van der Waals surface area contributed by atoms with Crippen molar-refractivity contribution in [3.05, 3.63) is 86.9 Å². The summed E-state index contributed by atoms with van der Waals surface area (Å²) < 4.78 is 2.30. The van der Waals surface area contributed by atoms with Crippen molar-refractivity contribution < 1.29 is 0 Å². The highest BCUT2D eigenvalue weighted by Gasteiger charge is 2.06. The standard InChI is InChI=1S/C11H6ClNS.C11H7NOS/c12-11-8-5-6-14-10(8)7-3-1-2-4-9(7)13-11;13-11-8-5-6-14-10(8)7-3-1-2-4-9(7)12-11/h1-6H;1-6H,(H,12,13). The number of aromatic amines is 1. The Morgan fingerprint density at radius 1 is 0.750 bits per heavy atom. The molecule has 136 valence electrons. The molecule has 28 heavy (non-hydrogen) atoms. The maximum atomic E-state index is 11.6. The summed E-state index contributed by atoms with van der Waals surface area (Å²) in [7, 11) is 0. The Kier molecular flexibility index (Phi) is 4.36. The fourth-order valence-electron chi connectivity index (χ4n) is 3.29. The number of hydrogen-bond acceptors (Lipinski definition) is 4. The molecule has 6 heteroatoms. The minimum absolute atomic E-state index is 0.0000463. The number of benzene rings is 2. The lowest BCUT2D eigenvalue weighted by atomic mass is 10.2. The van der Waals surface area contributed by atoms with Gasteiger partial charge in [-0.3, -0.25) is 4.79 Å².